The lowest BCUT2D eigenvalue weighted by atomic mass is 9.80. The van der Waals surface area contributed by atoms with Crippen molar-refractivity contribution < 1.29 is 9.59 Å². The van der Waals surface area contributed by atoms with E-state index in [1.807, 2.05) is 7.05 Å². The molecule has 6 heteroatoms. The number of unbranched alkanes of at least 4 members (excludes halogenated alkanes) is 1. The first-order valence-electron chi connectivity index (χ1n) is 8.38. The van der Waals surface area contributed by atoms with E-state index < -0.39 is 5.54 Å². The zero-order valence-corrected chi connectivity index (χ0v) is 14.8. The van der Waals surface area contributed by atoms with Crippen molar-refractivity contribution in [2.75, 3.05) is 20.1 Å². The third-order valence-corrected chi connectivity index (χ3v) is 4.17. The van der Waals surface area contributed by atoms with Gasteiger partial charge in [0, 0.05) is 13.0 Å². The summed E-state index contributed by atoms with van der Waals surface area (Å²) in [6.07, 6.45) is 8.03. The van der Waals surface area contributed by atoms with E-state index in [1.165, 1.54) is 0 Å². The summed E-state index contributed by atoms with van der Waals surface area (Å²) < 4.78 is 0. The van der Waals surface area contributed by atoms with E-state index in [0.717, 1.165) is 57.9 Å². The van der Waals surface area contributed by atoms with Crippen LogP contribution in [0.5, 0.6) is 0 Å². The second kappa shape index (κ2) is 11.7. The lowest BCUT2D eigenvalue weighted by molar-refractivity contribution is -0.135. The van der Waals surface area contributed by atoms with Crippen LogP contribution in [0.25, 0.3) is 0 Å². The van der Waals surface area contributed by atoms with Crippen molar-refractivity contribution in [1.82, 2.24) is 16.0 Å². The Balaban J connectivity index is 0.00000441. The van der Waals surface area contributed by atoms with Crippen LogP contribution in [0.3, 0.4) is 0 Å². The Hall–Kier alpha value is -0.810. The summed E-state index contributed by atoms with van der Waals surface area (Å²) >= 11 is 0. The predicted molar refractivity (Wildman–Crippen MR) is 92.3 cm³/mol. The molecule has 0 bridgehead atoms. The van der Waals surface area contributed by atoms with Gasteiger partial charge in [-0.1, -0.05) is 32.6 Å². The van der Waals surface area contributed by atoms with Crippen LogP contribution in [0.4, 0.5) is 0 Å². The van der Waals surface area contributed by atoms with E-state index in [9.17, 15) is 9.59 Å². The van der Waals surface area contributed by atoms with Crippen LogP contribution in [-0.4, -0.2) is 37.5 Å². The molecular weight excluding hydrogens is 302 g/mol. The van der Waals surface area contributed by atoms with Gasteiger partial charge in [-0.3, -0.25) is 9.59 Å². The Labute approximate surface area is 140 Å². The number of hydrogen-bond acceptors (Lipinski definition) is 3. The van der Waals surface area contributed by atoms with Gasteiger partial charge < -0.3 is 16.0 Å². The highest BCUT2D eigenvalue weighted by Gasteiger charge is 2.40. The molecule has 0 unspecified atom stereocenters. The van der Waals surface area contributed by atoms with Gasteiger partial charge in [-0.25, -0.2) is 0 Å². The highest BCUT2D eigenvalue weighted by molar-refractivity contribution is 5.91. The van der Waals surface area contributed by atoms with Crippen molar-refractivity contribution >= 4 is 24.2 Å². The average molecular weight is 334 g/mol. The van der Waals surface area contributed by atoms with Gasteiger partial charge in [0.05, 0.1) is 0 Å². The fraction of sp³-hybridized carbons (Fsp3) is 0.875. The number of rotatable bonds is 9. The minimum Gasteiger partial charge on any atom is -0.354 e. The van der Waals surface area contributed by atoms with Crippen molar-refractivity contribution in [3.8, 4) is 0 Å². The van der Waals surface area contributed by atoms with Gasteiger partial charge >= 0.3 is 0 Å². The van der Waals surface area contributed by atoms with Gasteiger partial charge in [-0.15, -0.1) is 12.4 Å². The van der Waals surface area contributed by atoms with Gasteiger partial charge in [0.15, 0.2) is 0 Å². The molecule has 0 aromatic carbocycles. The van der Waals surface area contributed by atoms with Gasteiger partial charge in [0.1, 0.15) is 5.54 Å². The molecule has 0 spiro atoms. The van der Waals surface area contributed by atoms with Crippen molar-refractivity contribution in [2.45, 2.75) is 70.3 Å². The molecule has 1 aliphatic rings. The van der Waals surface area contributed by atoms with Crippen LogP contribution in [0, 0.1) is 0 Å². The van der Waals surface area contributed by atoms with Crippen LogP contribution in [0.1, 0.15) is 64.7 Å². The van der Waals surface area contributed by atoms with Crippen LogP contribution in [0.2, 0.25) is 0 Å². The van der Waals surface area contributed by atoms with Crippen LogP contribution in [-0.2, 0) is 9.59 Å². The molecule has 2 amide bonds. The molecule has 0 aromatic rings. The molecule has 0 radical (unpaired) electrons. The molecule has 0 saturated heterocycles. The fourth-order valence-corrected chi connectivity index (χ4v) is 2.87. The van der Waals surface area contributed by atoms with E-state index in [2.05, 4.69) is 22.9 Å². The summed E-state index contributed by atoms with van der Waals surface area (Å²) in [5, 5.41) is 9.07. The molecule has 0 heterocycles. The minimum absolute atomic E-state index is 0. The van der Waals surface area contributed by atoms with E-state index in [1.54, 1.807) is 0 Å². The van der Waals surface area contributed by atoms with Crippen molar-refractivity contribution in [1.29, 1.82) is 0 Å². The predicted octanol–water partition coefficient (Wildman–Crippen LogP) is 2.14. The standard InChI is InChI=1S/C16H31N3O2.ClH/c1-3-4-13-18-15(21)16(10-6-5-7-11-16)19-14(20)9-8-12-17-2;/h17H,3-13H2,1-2H3,(H,18,21)(H,19,20);1H. The van der Waals surface area contributed by atoms with Gasteiger partial charge in [0.25, 0.3) is 0 Å². The quantitative estimate of drug-likeness (QED) is 0.566. The zero-order valence-electron chi connectivity index (χ0n) is 14.0. The maximum absolute atomic E-state index is 12.5. The normalized spacial score (nSPS) is 16.5. The second-order valence-electron chi connectivity index (χ2n) is 6.01. The van der Waals surface area contributed by atoms with Crippen LogP contribution >= 0.6 is 12.4 Å². The van der Waals surface area contributed by atoms with E-state index in [4.69, 9.17) is 0 Å². The number of halogens is 1. The molecule has 1 saturated carbocycles. The van der Waals surface area contributed by atoms with Crippen molar-refractivity contribution in [3.63, 3.8) is 0 Å². The highest BCUT2D eigenvalue weighted by Crippen LogP contribution is 2.28. The SMILES string of the molecule is CCCCNC(=O)C1(NC(=O)CCCNC)CCCCC1.Cl. The maximum Gasteiger partial charge on any atom is 0.245 e. The minimum atomic E-state index is -0.664. The third-order valence-electron chi connectivity index (χ3n) is 4.17. The molecule has 22 heavy (non-hydrogen) atoms. The van der Waals surface area contributed by atoms with Crippen molar-refractivity contribution in [3.05, 3.63) is 0 Å². The number of amides is 2. The Morgan fingerprint density at radius 1 is 1.05 bits per heavy atom. The Morgan fingerprint density at radius 3 is 2.32 bits per heavy atom. The Bertz CT molecular complexity index is 331. The topological polar surface area (TPSA) is 70.2 Å². The number of hydrogen-bond donors (Lipinski definition) is 3. The molecule has 0 aliphatic heterocycles. The zero-order chi connectivity index (χ0) is 15.6. The number of carbonyl (C=O) groups is 2. The van der Waals surface area contributed by atoms with E-state index >= 15 is 0 Å². The van der Waals surface area contributed by atoms with Gasteiger partial charge in [-0.05, 0) is 39.3 Å². The molecule has 1 aliphatic carbocycles. The third kappa shape index (κ3) is 6.97. The van der Waals surface area contributed by atoms with Gasteiger partial charge in [-0.2, -0.15) is 0 Å². The molecule has 5 nitrogen and oxygen atoms in total. The fourth-order valence-electron chi connectivity index (χ4n) is 2.87. The summed E-state index contributed by atoms with van der Waals surface area (Å²) in [4.78, 5) is 24.6. The smallest absolute Gasteiger partial charge is 0.245 e. The lowest BCUT2D eigenvalue weighted by Crippen LogP contribution is -2.59. The largest absolute Gasteiger partial charge is 0.354 e. The average Bonchev–Trinajstić information content (AvgIpc) is 2.48. The Kier molecular flexibility index (Phi) is 11.3. The molecule has 0 aromatic heterocycles. The van der Waals surface area contributed by atoms with Gasteiger partial charge in [0.2, 0.25) is 11.8 Å². The number of nitrogens with one attached hydrogen (secondary N) is 3. The van der Waals surface area contributed by atoms with E-state index in [0.29, 0.717) is 13.0 Å². The molecule has 130 valence electrons. The maximum atomic E-state index is 12.5. The first-order valence-corrected chi connectivity index (χ1v) is 8.38. The van der Waals surface area contributed by atoms with E-state index in [-0.39, 0.29) is 24.2 Å². The molecule has 3 N–H and O–H groups in total. The van der Waals surface area contributed by atoms with Crippen molar-refractivity contribution in [2.24, 2.45) is 0 Å². The highest BCUT2D eigenvalue weighted by atomic mass is 35.5. The second-order valence-corrected chi connectivity index (χ2v) is 6.01. The lowest BCUT2D eigenvalue weighted by Gasteiger charge is -2.36. The van der Waals surface area contributed by atoms with Crippen LogP contribution in [0.15, 0.2) is 0 Å². The monoisotopic (exact) mass is 333 g/mol. The first kappa shape index (κ1) is 21.2. The Morgan fingerprint density at radius 2 is 1.73 bits per heavy atom. The molecular formula is C16H32ClN3O2. The molecule has 1 fully saturated rings. The summed E-state index contributed by atoms with van der Waals surface area (Å²) in [5.41, 5.74) is -0.664. The number of carbonyl (C=O) groups excluding carboxylic acids is 2. The summed E-state index contributed by atoms with van der Waals surface area (Å²) in [6, 6.07) is 0. The summed E-state index contributed by atoms with van der Waals surface area (Å²) in [5.74, 6) is 0.00964. The molecule has 1 rings (SSSR count). The summed E-state index contributed by atoms with van der Waals surface area (Å²) in [6.45, 7) is 3.63. The van der Waals surface area contributed by atoms with Crippen LogP contribution < -0.4 is 16.0 Å². The first-order chi connectivity index (χ1) is 10.1. The molecule has 0 atom stereocenters. The summed E-state index contributed by atoms with van der Waals surface area (Å²) in [7, 11) is 1.88.